The second-order valence-electron chi connectivity index (χ2n) is 4.75. The fourth-order valence-electron chi connectivity index (χ4n) is 2.18. The fraction of sp³-hybridized carbons (Fsp3) is 0.250. The van der Waals surface area contributed by atoms with Crippen LogP contribution in [0.25, 0.3) is 0 Å². The minimum atomic E-state index is -4.68. The van der Waals surface area contributed by atoms with E-state index in [1.54, 1.807) is 19.2 Å². The number of rotatable bonds is 4. The molecule has 21 heavy (non-hydrogen) atoms. The Bertz CT molecular complexity index is 593. The smallest absolute Gasteiger partial charge is 0.406 e. The molecular weight excluding hydrogens is 279 g/mol. The first-order valence-corrected chi connectivity index (χ1v) is 6.48. The van der Waals surface area contributed by atoms with Crippen LogP contribution in [-0.2, 0) is 0 Å². The van der Waals surface area contributed by atoms with Crippen molar-refractivity contribution in [3.63, 3.8) is 0 Å². The number of alkyl halides is 3. The minimum Gasteiger partial charge on any atom is -0.406 e. The first-order valence-electron chi connectivity index (χ1n) is 6.48. The van der Waals surface area contributed by atoms with Gasteiger partial charge in [-0.25, -0.2) is 0 Å². The van der Waals surface area contributed by atoms with Crippen LogP contribution in [-0.4, -0.2) is 13.4 Å². The lowest BCUT2D eigenvalue weighted by atomic mass is 9.98. The van der Waals surface area contributed by atoms with Crippen LogP contribution >= 0.6 is 0 Å². The molecule has 2 aromatic rings. The third kappa shape index (κ3) is 4.23. The molecule has 0 bridgehead atoms. The summed E-state index contributed by atoms with van der Waals surface area (Å²) in [6.45, 7) is 1.98. The van der Waals surface area contributed by atoms with Gasteiger partial charge in [0, 0.05) is 0 Å². The van der Waals surface area contributed by atoms with E-state index in [0.29, 0.717) is 5.56 Å². The van der Waals surface area contributed by atoms with E-state index in [-0.39, 0.29) is 11.8 Å². The molecule has 0 saturated heterocycles. The summed E-state index contributed by atoms with van der Waals surface area (Å²) >= 11 is 0. The number of halogens is 3. The van der Waals surface area contributed by atoms with Crippen molar-refractivity contribution in [3.05, 3.63) is 65.2 Å². The SMILES string of the molecule is CNC(c1ccc(C)cc1)c1cccc(OC(F)(F)F)c1. The third-order valence-corrected chi connectivity index (χ3v) is 3.12. The number of hydrogen-bond acceptors (Lipinski definition) is 2. The highest BCUT2D eigenvalue weighted by Crippen LogP contribution is 2.28. The Morgan fingerprint density at radius 2 is 1.67 bits per heavy atom. The van der Waals surface area contributed by atoms with Crippen LogP contribution in [0, 0.1) is 6.92 Å². The molecule has 2 nitrogen and oxygen atoms in total. The van der Waals surface area contributed by atoms with Crippen molar-refractivity contribution in [1.29, 1.82) is 0 Å². The van der Waals surface area contributed by atoms with Gasteiger partial charge in [-0.3, -0.25) is 0 Å². The van der Waals surface area contributed by atoms with Crippen LogP contribution in [0.4, 0.5) is 13.2 Å². The highest BCUT2D eigenvalue weighted by atomic mass is 19.4. The van der Waals surface area contributed by atoms with Gasteiger partial charge in [-0.15, -0.1) is 13.2 Å². The topological polar surface area (TPSA) is 21.3 Å². The summed E-state index contributed by atoms with van der Waals surface area (Å²) in [5.41, 5.74) is 2.82. The standard InChI is InChI=1S/C16H16F3NO/c1-11-6-8-12(9-7-11)15(20-2)13-4-3-5-14(10-13)21-16(17,18)19/h3-10,15,20H,1-2H3. The van der Waals surface area contributed by atoms with E-state index in [2.05, 4.69) is 10.1 Å². The average molecular weight is 295 g/mol. The average Bonchev–Trinajstić information content (AvgIpc) is 2.40. The largest absolute Gasteiger partial charge is 0.573 e. The molecular formula is C16H16F3NO. The van der Waals surface area contributed by atoms with E-state index in [1.165, 1.54) is 12.1 Å². The quantitative estimate of drug-likeness (QED) is 0.912. The summed E-state index contributed by atoms with van der Waals surface area (Å²) < 4.78 is 40.8. The van der Waals surface area contributed by atoms with Gasteiger partial charge in [0.2, 0.25) is 0 Å². The van der Waals surface area contributed by atoms with Gasteiger partial charge in [-0.1, -0.05) is 42.0 Å². The molecule has 112 valence electrons. The summed E-state index contributed by atoms with van der Waals surface area (Å²) in [4.78, 5) is 0. The molecule has 0 spiro atoms. The molecule has 0 fully saturated rings. The zero-order valence-corrected chi connectivity index (χ0v) is 11.7. The molecule has 0 heterocycles. The Balaban J connectivity index is 2.30. The van der Waals surface area contributed by atoms with Gasteiger partial charge in [0.05, 0.1) is 6.04 Å². The molecule has 0 radical (unpaired) electrons. The van der Waals surface area contributed by atoms with E-state index in [1.807, 2.05) is 31.2 Å². The predicted molar refractivity (Wildman–Crippen MR) is 75.2 cm³/mol. The zero-order chi connectivity index (χ0) is 15.5. The molecule has 0 aromatic heterocycles. The Labute approximate surface area is 121 Å². The predicted octanol–water partition coefficient (Wildman–Crippen LogP) is 4.20. The maximum Gasteiger partial charge on any atom is 0.573 e. The van der Waals surface area contributed by atoms with Gasteiger partial charge in [0.15, 0.2) is 0 Å². The first kappa shape index (κ1) is 15.4. The minimum absolute atomic E-state index is 0.192. The zero-order valence-electron chi connectivity index (χ0n) is 11.7. The highest BCUT2D eigenvalue weighted by molar-refractivity contribution is 5.37. The molecule has 1 unspecified atom stereocenters. The highest BCUT2D eigenvalue weighted by Gasteiger charge is 2.31. The van der Waals surface area contributed by atoms with Crippen molar-refractivity contribution in [2.24, 2.45) is 0 Å². The maximum atomic E-state index is 12.3. The summed E-state index contributed by atoms with van der Waals surface area (Å²) in [7, 11) is 1.77. The molecule has 0 saturated carbocycles. The van der Waals surface area contributed by atoms with Crippen LogP contribution in [0.2, 0.25) is 0 Å². The van der Waals surface area contributed by atoms with Crippen LogP contribution < -0.4 is 10.1 Å². The van der Waals surface area contributed by atoms with E-state index in [4.69, 9.17) is 0 Å². The fourth-order valence-corrected chi connectivity index (χ4v) is 2.18. The molecule has 5 heteroatoms. The molecule has 0 aliphatic carbocycles. The molecule has 1 atom stereocenters. The summed E-state index contributed by atoms with van der Waals surface area (Å²) in [6, 6.07) is 13.7. The lowest BCUT2D eigenvalue weighted by Crippen LogP contribution is -2.19. The molecule has 0 aliphatic heterocycles. The Morgan fingerprint density at radius 1 is 1.00 bits per heavy atom. The monoisotopic (exact) mass is 295 g/mol. The van der Waals surface area contributed by atoms with E-state index >= 15 is 0 Å². The second-order valence-corrected chi connectivity index (χ2v) is 4.75. The number of nitrogens with one attached hydrogen (secondary N) is 1. The maximum absolute atomic E-state index is 12.3. The van der Waals surface area contributed by atoms with Gasteiger partial charge in [0.1, 0.15) is 5.75 Å². The molecule has 0 aliphatic rings. The number of ether oxygens (including phenoxy) is 1. The van der Waals surface area contributed by atoms with Crippen LogP contribution in [0.1, 0.15) is 22.7 Å². The third-order valence-electron chi connectivity index (χ3n) is 3.12. The van der Waals surface area contributed by atoms with Crippen molar-refractivity contribution in [3.8, 4) is 5.75 Å². The Kier molecular flexibility index (Phi) is 4.53. The molecule has 2 rings (SSSR count). The Hall–Kier alpha value is -2.01. The van der Waals surface area contributed by atoms with Crippen molar-refractivity contribution in [2.45, 2.75) is 19.3 Å². The normalized spacial score (nSPS) is 13.0. The van der Waals surface area contributed by atoms with E-state index in [0.717, 1.165) is 11.1 Å². The van der Waals surface area contributed by atoms with Gasteiger partial charge in [0.25, 0.3) is 0 Å². The summed E-state index contributed by atoms with van der Waals surface area (Å²) in [5.74, 6) is -0.215. The van der Waals surface area contributed by atoms with E-state index in [9.17, 15) is 13.2 Å². The van der Waals surface area contributed by atoms with Crippen molar-refractivity contribution in [2.75, 3.05) is 7.05 Å². The lowest BCUT2D eigenvalue weighted by Gasteiger charge is -2.18. The number of aryl methyl sites for hydroxylation is 1. The lowest BCUT2D eigenvalue weighted by molar-refractivity contribution is -0.274. The van der Waals surface area contributed by atoms with Crippen molar-refractivity contribution in [1.82, 2.24) is 5.32 Å². The second kappa shape index (κ2) is 6.18. The van der Waals surface area contributed by atoms with Crippen LogP contribution in [0.5, 0.6) is 5.75 Å². The summed E-state index contributed by atoms with van der Waals surface area (Å²) in [6.07, 6.45) is -4.68. The molecule has 1 N–H and O–H groups in total. The van der Waals surface area contributed by atoms with E-state index < -0.39 is 6.36 Å². The van der Waals surface area contributed by atoms with Gasteiger partial charge in [-0.05, 0) is 37.2 Å². The number of benzene rings is 2. The Morgan fingerprint density at radius 3 is 2.24 bits per heavy atom. The van der Waals surface area contributed by atoms with Gasteiger partial charge >= 0.3 is 6.36 Å². The molecule has 0 amide bonds. The summed E-state index contributed by atoms with van der Waals surface area (Å²) in [5, 5.41) is 3.11. The van der Waals surface area contributed by atoms with Crippen LogP contribution in [0.15, 0.2) is 48.5 Å². The van der Waals surface area contributed by atoms with Gasteiger partial charge in [-0.2, -0.15) is 0 Å². The first-order chi connectivity index (χ1) is 9.89. The van der Waals surface area contributed by atoms with Crippen molar-refractivity contribution >= 4 is 0 Å². The number of hydrogen-bond donors (Lipinski definition) is 1. The van der Waals surface area contributed by atoms with Crippen molar-refractivity contribution < 1.29 is 17.9 Å². The van der Waals surface area contributed by atoms with Gasteiger partial charge < -0.3 is 10.1 Å². The van der Waals surface area contributed by atoms with Crippen LogP contribution in [0.3, 0.4) is 0 Å². The molecule has 2 aromatic carbocycles.